The number of sulfonamides is 1. The first-order chi connectivity index (χ1) is 13.0. The van der Waals surface area contributed by atoms with E-state index in [1.54, 1.807) is 18.3 Å². The number of piperidine rings is 2. The molecule has 2 fully saturated rings. The van der Waals surface area contributed by atoms with Gasteiger partial charge in [0.1, 0.15) is 4.90 Å². The lowest BCUT2D eigenvalue weighted by Crippen LogP contribution is -2.50. The maximum absolute atomic E-state index is 13.1. The Morgan fingerprint density at radius 1 is 1.26 bits per heavy atom. The third-order valence-electron chi connectivity index (χ3n) is 5.57. The summed E-state index contributed by atoms with van der Waals surface area (Å²) >= 11 is 0. The lowest BCUT2D eigenvalue weighted by Gasteiger charge is -2.39. The third-order valence-corrected chi connectivity index (χ3v) is 7.45. The summed E-state index contributed by atoms with van der Waals surface area (Å²) in [7, 11) is -3.52. The molecule has 8 heteroatoms. The van der Waals surface area contributed by atoms with Gasteiger partial charge in [-0.15, -0.1) is 0 Å². The van der Waals surface area contributed by atoms with Crippen molar-refractivity contribution in [2.75, 3.05) is 32.7 Å². The molecule has 0 saturated carbocycles. The summed E-state index contributed by atoms with van der Waals surface area (Å²) in [5.41, 5.74) is 0. The van der Waals surface area contributed by atoms with Crippen LogP contribution in [0.3, 0.4) is 0 Å². The van der Waals surface area contributed by atoms with Gasteiger partial charge in [-0.1, -0.05) is 6.92 Å². The van der Waals surface area contributed by atoms with Crippen LogP contribution in [-0.2, 0) is 14.8 Å². The molecule has 0 aromatic carbocycles. The molecule has 7 nitrogen and oxygen atoms in total. The predicted molar refractivity (Wildman–Crippen MR) is 104 cm³/mol. The maximum Gasteiger partial charge on any atom is 0.244 e. The van der Waals surface area contributed by atoms with Crippen LogP contribution >= 0.6 is 0 Å². The minimum atomic E-state index is -3.52. The van der Waals surface area contributed by atoms with Gasteiger partial charge in [-0.05, 0) is 57.3 Å². The average molecular weight is 395 g/mol. The quantitative estimate of drug-likeness (QED) is 0.790. The smallest absolute Gasteiger partial charge is 0.244 e. The van der Waals surface area contributed by atoms with Gasteiger partial charge < -0.3 is 10.2 Å². The molecule has 0 bridgehead atoms. The molecule has 2 saturated heterocycles. The number of aromatic nitrogens is 1. The molecule has 0 spiro atoms. The van der Waals surface area contributed by atoms with E-state index in [4.69, 9.17) is 0 Å². The second-order valence-electron chi connectivity index (χ2n) is 7.38. The van der Waals surface area contributed by atoms with Gasteiger partial charge >= 0.3 is 0 Å². The van der Waals surface area contributed by atoms with Crippen molar-refractivity contribution in [1.29, 1.82) is 0 Å². The second-order valence-corrected chi connectivity index (χ2v) is 9.32. The number of carbonyl (C=O) groups excluding carboxylic acids is 1. The Bertz CT molecular complexity index is 712. The van der Waals surface area contributed by atoms with Crippen LogP contribution in [-0.4, -0.2) is 67.3 Å². The van der Waals surface area contributed by atoms with Crippen LogP contribution < -0.4 is 5.32 Å². The van der Waals surface area contributed by atoms with Crippen LogP contribution in [0.5, 0.6) is 0 Å². The Balaban J connectivity index is 1.62. The van der Waals surface area contributed by atoms with Gasteiger partial charge in [0, 0.05) is 44.0 Å². The molecule has 27 heavy (non-hydrogen) atoms. The maximum atomic E-state index is 13.1. The minimum absolute atomic E-state index is 0.0771. The van der Waals surface area contributed by atoms with Crippen molar-refractivity contribution in [1.82, 2.24) is 19.5 Å². The number of carbonyl (C=O) groups is 1. The van der Waals surface area contributed by atoms with E-state index >= 15 is 0 Å². The summed E-state index contributed by atoms with van der Waals surface area (Å²) in [6, 6.07) is 3.51. The van der Waals surface area contributed by atoms with Gasteiger partial charge in [-0.25, -0.2) is 8.42 Å². The highest BCUT2D eigenvalue weighted by atomic mass is 32.2. The van der Waals surface area contributed by atoms with E-state index in [1.807, 2.05) is 0 Å². The van der Waals surface area contributed by atoms with Crippen molar-refractivity contribution in [3.8, 4) is 0 Å². The predicted octanol–water partition coefficient (Wildman–Crippen LogP) is 1.47. The Morgan fingerprint density at radius 3 is 2.56 bits per heavy atom. The standard InChI is InChI=1S/C19H30N4O3S/c1-2-12-23(17-5-10-20-11-6-17)19(24)16-7-13-22(14-8-16)27(25,26)18-4-3-9-21-15-18/h3-4,9,15-17,20H,2,5-8,10-14H2,1H3. The Kier molecular flexibility index (Phi) is 6.83. The largest absolute Gasteiger partial charge is 0.339 e. The first kappa shape index (κ1) is 20.2. The fourth-order valence-electron chi connectivity index (χ4n) is 4.06. The van der Waals surface area contributed by atoms with E-state index in [1.165, 1.54) is 10.5 Å². The molecule has 0 aliphatic carbocycles. The Hall–Kier alpha value is -1.51. The van der Waals surface area contributed by atoms with Crippen LogP contribution in [0.15, 0.2) is 29.4 Å². The van der Waals surface area contributed by atoms with E-state index in [0.717, 1.165) is 38.9 Å². The first-order valence-electron chi connectivity index (χ1n) is 9.95. The molecule has 3 heterocycles. The topological polar surface area (TPSA) is 82.6 Å². The highest BCUT2D eigenvalue weighted by molar-refractivity contribution is 7.89. The number of nitrogens with zero attached hydrogens (tertiary/aromatic N) is 3. The summed E-state index contributed by atoms with van der Waals surface area (Å²) in [6.45, 7) is 5.59. The van der Waals surface area contributed by atoms with Gasteiger partial charge in [0.2, 0.25) is 15.9 Å². The summed E-state index contributed by atoms with van der Waals surface area (Å²) < 4.78 is 27.0. The van der Waals surface area contributed by atoms with Crippen LogP contribution in [0, 0.1) is 5.92 Å². The highest BCUT2D eigenvalue weighted by Gasteiger charge is 2.35. The zero-order valence-corrected chi connectivity index (χ0v) is 16.8. The van der Waals surface area contributed by atoms with Crippen molar-refractivity contribution < 1.29 is 13.2 Å². The van der Waals surface area contributed by atoms with Crippen molar-refractivity contribution in [2.45, 2.75) is 50.0 Å². The SMILES string of the molecule is CCCN(C(=O)C1CCN(S(=O)(=O)c2cccnc2)CC1)C1CCNCC1. The number of hydrogen-bond acceptors (Lipinski definition) is 5. The number of hydrogen-bond donors (Lipinski definition) is 1. The van der Waals surface area contributed by atoms with E-state index in [-0.39, 0.29) is 16.7 Å². The monoisotopic (exact) mass is 394 g/mol. The van der Waals surface area contributed by atoms with Crippen molar-refractivity contribution in [3.05, 3.63) is 24.5 Å². The number of amides is 1. The van der Waals surface area contributed by atoms with E-state index in [2.05, 4.69) is 22.1 Å². The lowest BCUT2D eigenvalue weighted by molar-refractivity contribution is -0.139. The van der Waals surface area contributed by atoms with Gasteiger partial charge in [0.25, 0.3) is 0 Å². The molecule has 1 N–H and O–H groups in total. The summed E-state index contributed by atoms with van der Waals surface area (Å²) in [5, 5.41) is 3.35. The minimum Gasteiger partial charge on any atom is -0.339 e. The molecule has 0 atom stereocenters. The molecule has 2 aliphatic rings. The summed E-state index contributed by atoms with van der Waals surface area (Å²) in [6.07, 6.45) is 7.07. The molecule has 2 aliphatic heterocycles. The number of rotatable bonds is 6. The van der Waals surface area contributed by atoms with Crippen molar-refractivity contribution in [3.63, 3.8) is 0 Å². The fraction of sp³-hybridized carbons (Fsp3) is 0.684. The van der Waals surface area contributed by atoms with Crippen molar-refractivity contribution in [2.24, 2.45) is 5.92 Å². The summed E-state index contributed by atoms with van der Waals surface area (Å²) in [4.78, 5) is 19.3. The fourth-order valence-corrected chi connectivity index (χ4v) is 5.49. The number of nitrogens with one attached hydrogen (secondary N) is 1. The molecule has 1 amide bonds. The number of pyridine rings is 1. The zero-order chi connectivity index (χ0) is 19.3. The first-order valence-corrected chi connectivity index (χ1v) is 11.4. The van der Waals surface area contributed by atoms with E-state index in [0.29, 0.717) is 32.0 Å². The molecule has 150 valence electrons. The van der Waals surface area contributed by atoms with Crippen molar-refractivity contribution >= 4 is 15.9 Å². The molecular formula is C19H30N4O3S. The molecule has 0 radical (unpaired) electrons. The van der Waals surface area contributed by atoms with Gasteiger partial charge in [0.05, 0.1) is 0 Å². The van der Waals surface area contributed by atoms with Crippen LogP contribution in [0.25, 0.3) is 0 Å². The van der Waals surface area contributed by atoms with Gasteiger partial charge in [0.15, 0.2) is 0 Å². The van der Waals surface area contributed by atoms with Gasteiger partial charge in [-0.2, -0.15) is 4.31 Å². The lowest BCUT2D eigenvalue weighted by atomic mass is 9.94. The normalized spacial score (nSPS) is 20.5. The van der Waals surface area contributed by atoms with Crippen LogP contribution in [0.2, 0.25) is 0 Å². The molecule has 0 unspecified atom stereocenters. The van der Waals surface area contributed by atoms with E-state index < -0.39 is 10.0 Å². The third kappa shape index (κ3) is 4.67. The van der Waals surface area contributed by atoms with Crippen LogP contribution in [0.4, 0.5) is 0 Å². The van der Waals surface area contributed by atoms with Crippen LogP contribution in [0.1, 0.15) is 39.0 Å². The summed E-state index contributed by atoms with van der Waals surface area (Å²) in [5.74, 6) is 0.133. The average Bonchev–Trinajstić information content (AvgIpc) is 2.73. The molecule has 1 aromatic heterocycles. The molecule has 1 aromatic rings. The zero-order valence-electron chi connectivity index (χ0n) is 16.0. The Morgan fingerprint density at radius 2 is 1.96 bits per heavy atom. The second kappa shape index (κ2) is 9.12. The Labute approximate surface area is 162 Å². The highest BCUT2D eigenvalue weighted by Crippen LogP contribution is 2.26. The van der Waals surface area contributed by atoms with E-state index in [9.17, 15) is 13.2 Å². The van der Waals surface area contributed by atoms with Gasteiger partial charge in [-0.3, -0.25) is 9.78 Å². The molecular weight excluding hydrogens is 364 g/mol. The molecule has 3 rings (SSSR count).